The molecule has 1 aliphatic rings. The van der Waals surface area contributed by atoms with Gasteiger partial charge in [0.1, 0.15) is 0 Å². The Labute approximate surface area is 168 Å². The van der Waals surface area contributed by atoms with Crippen molar-refractivity contribution in [3.05, 3.63) is 62.6 Å². The number of hydrogen-bond donors (Lipinski definition) is 0. The first kappa shape index (κ1) is 18.6. The highest BCUT2D eigenvalue weighted by Crippen LogP contribution is 2.35. The van der Waals surface area contributed by atoms with Crippen molar-refractivity contribution < 1.29 is 13.6 Å². The molecule has 27 heavy (non-hydrogen) atoms. The van der Waals surface area contributed by atoms with E-state index >= 15 is 0 Å². The third-order valence-electron chi connectivity index (χ3n) is 4.74. The van der Waals surface area contributed by atoms with Crippen LogP contribution in [0, 0.1) is 11.6 Å². The maximum atomic E-state index is 13.5. The predicted octanol–water partition coefficient (Wildman–Crippen LogP) is 5.90. The van der Waals surface area contributed by atoms with Crippen molar-refractivity contribution in [3.63, 3.8) is 0 Å². The van der Waals surface area contributed by atoms with Gasteiger partial charge in [0, 0.05) is 24.0 Å². The maximum absolute atomic E-state index is 13.5. The highest BCUT2D eigenvalue weighted by molar-refractivity contribution is 7.18. The molecule has 0 aliphatic carbocycles. The van der Waals surface area contributed by atoms with Crippen LogP contribution < -0.4 is 0 Å². The fourth-order valence-corrected chi connectivity index (χ4v) is 4.79. The molecule has 1 saturated heterocycles. The fraction of sp³-hybridized carbons (Fsp3) is 0.263. The molecule has 1 fully saturated rings. The molecule has 0 unspecified atom stereocenters. The molecular weight excluding hydrogens is 413 g/mol. The highest BCUT2D eigenvalue weighted by atomic mass is 35.5. The number of carbonyl (C=O) groups is 1. The molecular formula is C19H14Cl2F2N2OS. The Morgan fingerprint density at radius 3 is 2.56 bits per heavy atom. The first-order valence-corrected chi connectivity index (χ1v) is 9.99. The largest absolute Gasteiger partial charge is 0.339 e. The fourth-order valence-electron chi connectivity index (χ4n) is 3.28. The van der Waals surface area contributed by atoms with Gasteiger partial charge in [-0.1, -0.05) is 23.2 Å². The molecule has 2 aromatic carbocycles. The molecule has 1 amide bonds. The summed E-state index contributed by atoms with van der Waals surface area (Å²) in [6, 6.07) is 7.36. The number of hydrogen-bond acceptors (Lipinski definition) is 3. The lowest BCUT2D eigenvalue weighted by Gasteiger charge is -2.31. The molecule has 0 atom stereocenters. The first-order valence-electron chi connectivity index (χ1n) is 8.42. The smallest absolute Gasteiger partial charge is 0.255 e. The number of piperidine rings is 1. The number of carbonyl (C=O) groups excluding carboxylic acids is 1. The second kappa shape index (κ2) is 7.34. The SMILES string of the molecule is O=C(c1cc(F)c(F)cc1Cl)N1CCC(c2nc3cc(Cl)ccc3s2)CC1. The van der Waals surface area contributed by atoms with E-state index in [-0.39, 0.29) is 22.4 Å². The second-order valence-corrected chi connectivity index (χ2v) is 8.38. The Morgan fingerprint density at radius 1 is 1.11 bits per heavy atom. The average molecular weight is 427 g/mol. The topological polar surface area (TPSA) is 33.2 Å². The van der Waals surface area contributed by atoms with Gasteiger partial charge in [-0.05, 0) is 43.2 Å². The zero-order valence-electron chi connectivity index (χ0n) is 14.0. The van der Waals surface area contributed by atoms with Gasteiger partial charge in [-0.3, -0.25) is 4.79 Å². The molecule has 0 bridgehead atoms. The number of fused-ring (bicyclic) bond motifs is 1. The average Bonchev–Trinajstić information content (AvgIpc) is 3.07. The van der Waals surface area contributed by atoms with Crippen molar-refractivity contribution in [2.45, 2.75) is 18.8 Å². The molecule has 3 aromatic rings. The van der Waals surface area contributed by atoms with E-state index < -0.39 is 11.6 Å². The molecule has 1 aromatic heterocycles. The summed E-state index contributed by atoms with van der Waals surface area (Å²) in [6.45, 7) is 1.02. The van der Waals surface area contributed by atoms with Crippen LogP contribution >= 0.6 is 34.5 Å². The molecule has 140 valence electrons. The van der Waals surface area contributed by atoms with Crippen LogP contribution in [0.2, 0.25) is 10.0 Å². The number of rotatable bonds is 2. The number of halogens is 4. The Kier molecular flexibility index (Phi) is 5.05. The quantitative estimate of drug-likeness (QED) is 0.477. The molecule has 8 heteroatoms. The minimum absolute atomic E-state index is 0.0105. The van der Waals surface area contributed by atoms with E-state index in [0.717, 1.165) is 40.2 Å². The van der Waals surface area contributed by atoms with E-state index in [1.807, 2.05) is 18.2 Å². The van der Waals surface area contributed by atoms with Gasteiger partial charge < -0.3 is 4.90 Å². The highest BCUT2D eigenvalue weighted by Gasteiger charge is 2.28. The predicted molar refractivity (Wildman–Crippen MR) is 104 cm³/mol. The van der Waals surface area contributed by atoms with Crippen molar-refractivity contribution in [1.29, 1.82) is 0 Å². The van der Waals surface area contributed by atoms with Crippen molar-refractivity contribution >= 4 is 50.7 Å². The Bertz CT molecular complexity index is 1030. The van der Waals surface area contributed by atoms with Gasteiger partial charge in [-0.25, -0.2) is 13.8 Å². The Morgan fingerprint density at radius 2 is 1.81 bits per heavy atom. The van der Waals surface area contributed by atoms with Gasteiger partial charge >= 0.3 is 0 Å². The summed E-state index contributed by atoms with van der Waals surface area (Å²) in [6.07, 6.45) is 1.50. The second-order valence-electron chi connectivity index (χ2n) is 6.48. The van der Waals surface area contributed by atoms with Crippen molar-refractivity contribution in [2.24, 2.45) is 0 Å². The van der Waals surface area contributed by atoms with Gasteiger partial charge in [-0.15, -0.1) is 11.3 Å². The van der Waals surface area contributed by atoms with Crippen LogP contribution in [0.4, 0.5) is 8.78 Å². The van der Waals surface area contributed by atoms with E-state index in [1.54, 1.807) is 16.2 Å². The van der Waals surface area contributed by atoms with Crippen LogP contribution in [0.15, 0.2) is 30.3 Å². The monoisotopic (exact) mass is 426 g/mol. The minimum Gasteiger partial charge on any atom is -0.339 e. The van der Waals surface area contributed by atoms with Crippen molar-refractivity contribution in [2.75, 3.05) is 13.1 Å². The van der Waals surface area contributed by atoms with Gasteiger partial charge in [0.2, 0.25) is 0 Å². The zero-order valence-corrected chi connectivity index (χ0v) is 16.3. The summed E-state index contributed by atoms with van der Waals surface area (Å²) in [4.78, 5) is 18.9. The maximum Gasteiger partial charge on any atom is 0.255 e. The van der Waals surface area contributed by atoms with Gasteiger partial charge in [0.15, 0.2) is 11.6 Å². The summed E-state index contributed by atoms with van der Waals surface area (Å²) in [5, 5.41) is 1.61. The minimum atomic E-state index is -1.08. The van der Waals surface area contributed by atoms with Crippen LogP contribution in [0.25, 0.3) is 10.2 Å². The number of benzene rings is 2. The van der Waals surface area contributed by atoms with Crippen LogP contribution in [0.3, 0.4) is 0 Å². The standard InChI is InChI=1S/C19H14Cl2F2N2OS/c20-11-1-2-17-16(7-11)24-18(27-17)10-3-5-25(6-4-10)19(26)12-8-14(22)15(23)9-13(12)21/h1-2,7-10H,3-6H2. The van der Waals surface area contributed by atoms with Gasteiger partial charge in [0.25, 0.3) is 5.91 Å². The molecule has 0 radical (unpaired) electrons. The number of nitrogens with zero attached hydrogens (tertiary/aromatic N) is 2. The molecule has 2 heterocycles. The lowest BCUT2D eigenvalue weighted by atomic mass is 9.97. The number of amides is 1. The van der Waals surface area contributed by atoms with Gasteiger partial charge in [0.05, 0.1) is 25.8 Å². The zero-order chi connectivity index (χ0) is 19.1. The number of aromatic nitrogens is 1. The third-order valence-corrected chi connectivity index (χ3v) is 6.48. The van der Waals surface area contributed by atoms with E-state index in [2.05, 4.69) is 4.98 Å². The number of likely N-dealkylation sites (tertiary alicyclic amines) is 1. The van der Waals surface area contributed by atoms with Crippen molar-refractivity contribution in [3.8, 4) is 0 Å². The summed E-state index contributed by atoms with van der Waals surface area (Å²) in [7, 11) is 0. The summed E-state index contributed by atoms with van der Waals surface area (Å²) in [5.74, 6) is -2.27. The van der Waals surface area contributed by atoms with E-state index in [1.165, 1.54) is 0 Å². The summed E-state index contributed by atoms with van der Waals surface area (Å²) < 4.78 is 27.8. The van der Waals surface area contributed by atoms with E-state index in [9.17, 15) is 13.6 Å². The molecule has 0 spiro atoms. The lowest BCUT2D eigenvalue weighted by Crippen LogP contribution is -2.38. The van der Waals surface area contributed by atoms with Crippen LogP contribution in [-0.2, 0) is 0 Å². The first-order chi connectivity index (χ1) is 12.9. The molecule has 1 aliphatic heterocycles. The Balaban J connectivity index is 1.48. The normalized spacial score (nSPS) is 15.5. The third kappa shape index (κ3) is 3.66. The summed E-state index contributed by atoms with van der Waals surface area (Å²) in [5.41, 5.74) is 0.873. The molecule has 3 nitrogen and oxygen atoms in total. The Hall–Kier alpha value is -1.76. The van der Waals surface area contributed by atoms with Crippen LogP contribution in [0.1, 0.15) is 34.1 Å². The van der Waals surface area contributed by atoms with E-state index in [4.69, 9.17) is 23.2 Å². The van der Waals surface area contributed by atoms with Gasteiger partial charge in [-0.2, -0.15) is 0 Å². The molecule has 0 saturated carbocycles. The van der Waals surface area contributed by atoms with Crippen LogP contribution in [0.5, 0.6) is 0 Å². The van der Waals surface area contributed by atoms with Crippen molar-refractivity contribution in [1.82, 2.24) is 9.88 Å². The molecule has 0 N–H and O–H groups in total. The number of thiazole rings is 1. The van der Waals surface area contributed by atoms with E-state index in [0.29, 0.717) is 18.1 Å². The van der Waals surface area contributed by atoms with Crippen LogP contribution in [-0.4, -0.2) is 28.9 Å². The lowest BCUT2D eigenvalue weighted by molar-refractivity contribution is 0.0712. The summed E-state index contributed by atoms with van der Waals surface area (Å²) >= 11 is 13.6. The molecule has 4 rings (SSSR count).